The van der Waals surface area contributed by atoms with E-state index >= 15 is 0 Å². The number of hydrogen-bond acceptors (Lipinski definition) is 2. The first-order valence-electron chi connectivity index (χ1n) is 5.32. The summed E-state index contributed by atoms with van der Waals surface area (Å²) in [5.41, 5.74) is -0.297. The van der Waals surface area contributed by atoms with E-state index in [4.69, 9.17) is 0 Å². The molecule has 4 atom stereocenters. The molecule has 0 radical (unpaired) electrons. The van der Waals surface area contributed by atoms with Crippen LogP contribution in [0.2, 0.25) is 0 Å². The van der Waals surface area contributed by atoms with Crippen molar-refractivity contribution in [2.45, 2.75) is 42.3 Å². The van der Waals surface area contributed by atoms with E-state index in [1.807, 2.05) is 6.92 Å². The summed E-state index contributed by atoms with van der Waals surface area (Å²) < 4.78 is 0. The van der Waals surface area contributed by atoms with E-state index in [0.717, 1.165) is 19.3 Å². The fourth-order valence-corrected chi connectivity index (χ4v) is 4.70. The van der Waals surface area contributed by atoms with Crippen LogP contribution in [0.4, 0.5) is 0 Å². The monoisotopic (exact) mass is 336 g/mol. The van der Waals surface area contributed by atoms with Crippen LogP contribution in [0, 0.1) is 11.3 Å². The van der Waals surface area contributed by atoms with Crippen LogP contribution in [0.3, 0.4) is 0 Å². The topological polar surface area (TPSA) is 34.1 Å². The van der Waals surface area contributed by atoms with Crippen LogP contribution in [0.1, 0.15) is 32.6 Å². The molecular formula is C11H14Br2O2. The number of ketones is 2. The quantitative estimate of drug-likeness (QED) is 0.637. The van der Waals surface area contributed by atoms with Crippen LogP contribution in [0.25, 0.3) is 0 Å². The Morgan fingerprint density at radius 1 is 1.27 bits per heavy atom. The van der Waals surface area contributed by atoms with E-state index in [1.165, 1.54) is 0 Å². The van der Waals surface area contributed by atoms with Gasteiger partial charge in [-0.3, -0.25) is 9.59 Å². The number of halogens is 2. The van der Waals surface area contributed by atoms with E-state index in [9.17, 15) is 9.59 Å². The molecule has 0 N–H and O–H groups in total. The molecule has 2 fully saturated rings. The minimum absolute atomic E-state index is 0.00773. The van der Waals surface area contributed by atoms with Gasteiger partial charge in [0, 0.05) is 11.8 Å². The third kappa shape index (κ3) is 1.74. The van der Waals surface area contributed by atoms with Gasteiger partial charge in [-0.2, -0.15) is 0 Å². The first-order chi connectivity index (χ1) is 6.97. The standard InChI is InChI=1S/C11H14Br2O2/c1-11-5-4-8(14)9(13)6(11)2-3-7(12)10(11)15/h6-7,9H,2-5H2,1H3/t6-,7-,9-,11+/m1/s1. The Balaban J connectivity index is 2.31. The summed E-state index contributed by atoms with van der Waals surface area (Å²) in [5, 5.41) is 0. The van der Waals surface area contributed by atoms with E-state index in [2.05, 4.69) is 31.9 Å². The number of carbonyl (C=O) groups is 2. The zero-order valence-corrected chi connectivity index (χ0v) is 11.8. The lowest BCUT2D eigenvalue weighted by molar-refractivity contribution is -0.138. The molecule has 4 heteroatoms. The van der Waals surface area contributed by atoms with E-state index in [0.29, 0.717) is 6.42 Å². The Kier molecular flexibility index (Phi) is 3.10. The Bertz CT molecular complexity index is 316. The van der Waals surface area contributed by atoms with Gasteiger partial charge in [-0.1, -0.05) is 38.8 Å². The van der Waals surface area contributed by atoms with Crippen molar-refractivity contribution < 1.29 is 9.59 Å². The van der Waals surface area contributed by atoms with Crippen molar-refractivity contribution >= 4 is 43.4 Å². The highest BCUT2D eigenvalue weighted by atomic mass is 79.9. The third-order valence-electron chi connectivity index (χ3n) is 3.95. The summed E-state index contributed by atoms with van der Waals surface area (Å²) in [6.07, 6.45) is 3.07. The van der Waals surface area contributed by atoms with Gasteiger partial charge in [0.15, 0.2) is 5.78 Å². The molecule has 2 saturated carbocycles. The lowest BCUT2D eigenvalue weighted by atomic mass is 9.59. The van der Waals surface area contributed by atoms with Crippen molar-refractivity contribution in [2.75, 3.05) is 0 Å². The second-order valence-electron chi connectivity index (χ2n) is 4.80. The molecule has 0 aliphatic heterocycles. The predicted octanol–water partition coefficient (Wildman–Crippen LogP) is 2.86. The molecule has 2 aliphatic carbocycles. The number of alkyl halides is 2. The van der Waals surface area contributed by atoms with Gasteiger partial charge in [0.05, 0.1) is 9.65 Å². The van der Waals surface area contributed by atoms with Gasteiger partial charge >= 0.3 is 0 Å². The fraction of sp³-hybridized carbons (Fsp3) is 0.818. The summed E-state index contributed by atoms with van der Waals surface area (Å²) in [7, 11) is 0. The van der Waals surface area contributed by atoms with Crippen molar-refractivity contribution in [1.29, 1.82) is 0 Å². The van der Waals surface area contributed by atoms with Crippen molar-refractivity contribution in [3.05, 3.63) is 0 Å². The van der Waals surface area contributed by atoms with Gasteiger partial charge in [0.25, 0.3) is 0 Å². The highest BCUT2D eigenvalue weighted by molar-refractivity contribution is 9.10. The molecule has 0 spiro atoms. The number of carbonyl (C=O) groups excluding carboxylic acids is 2. The SMILES string of the molecule is C[C@]12CCC(=O)[C@H](Br)[C@H]1CC[C@@H](Br)C2=O. The summed E-state index contributed by atoms with van der Waals surface area (Å²) >= 11 is 6.90. The average Bonchev–Trinajstić information content (AvgIpc) is 2.21. The minimum Gasteiger partial charge on any atom is -0.298 e. The van der Waals surface area contributed by atoms with Gasteiger partial charge < -0.3 is 0 Å². The van der Waals surface area contributed by atoms with Crippen LogP contribution in [0.15, 0.2) is 0 Å². The Morgan fingerprint density at radius 2 is 1.93 bits per heavy atom. The molecule has 2 aliphatic rings. The Hall–Kier alpha value is 0.300. The first-order valence-corrected chi connectivity index (χ1v) is 7.15. The second kappa shape index (κ2) is 3.95. The number of fused-ring (bicyclic) bond motifs is 1. The molecule has 84 valence electrons. The Labute approximate surface area is 106 Å². The summed E-state index contributed by atoms with van der Waals surface area (Å²) in [6, 6.07) is 0. The zero-order chi connectivity index (χ0) is 11.2. The predicted molar refractivity (Wildman–Crippen MR) is 65.5 cm³/mol. The highest BCUT2D eigenvalue weighted by Gasteiger charge is 2.53. The van der Waals surface area contributed by atoms with Crippen LogP contribution < -0.4 is 0 Å². The first kappa shape index (κ1) is 11.8. The lowest BCUT2D eigenvalue weighted by Gasteiger charge is -2.46. The van der Waals surface area contributed by atoms with Crippen molar-refractivity contribution in [3.63, 3.8) is 0 Å². The Morgan fingerprint density at radius 3 is 2.60 bits per heavy atom. The second-order valence-corrected chi connectivity index (χ2v) is 6.89. The molecule has 0 aromatic rings. The molecule has 0 unspecified atom stereocenters. The smallest absolute Gasteiger partial charge is 0.152 e. The van der Waals surface area contributed by atoms with E-state index in [1.54, 1.807) is 0 Å². The van der Waals surface area contributed by atoms with Gasteiger partial charge in [-0.05, 0) is 25.2 Å². The minimum atomic E-state index is -0.297. The number of hydrogen-bond donors (Lipinski definition) is 0. The molecule has 0 heterocycles. The molecule has 2 rings (SSSR count). The summed E-state index contributed by atoms with van der Waals surface area (Å²) in [4.78, 5) is 23.6. The van der Waals surface area contributed by atoms with Crippen molar-refractivity contribution in [1.82, 2.24) is 0 Å². The lowest BCUT2D eigenvalue weighted by Crippen LogP contribution is -2.52. The number of rotatable bonds is 0. The van der Waals surface area contributed by atoms with Crippen LogP contribution in [-0.2, 0) is 9.59 Å². The largest absolute Gasteiger partial charge is 0.298 e. The molecule has 15 heavy (non-hydrogen) atoms. The summed E-state index contributed by atoms with van der Waals surface area (Å²) in [6.45, 7) is 2.02. The van der Waals surface area contributed by atoms with Crippen LogP contribution in [0.5, 0.6) is 0 Å². The third-order valence-corrected chi connectivity index (χ3v) is 5.97. The number of Topliss-reactive ketones (excluding diaryl/α,β-unsaturated/α-hetero) is 2. The molecule has 0 amide bonds. The van der Waals surface area contributed by atoms with Crippen LogP contribution >= 0.6 is 31.9 Å². The molecule has 0 aromatic heterocycles. The maximum absolute atomic E-state index is 12.2. The molecule has 0 bridgehead atoms. The molecule has 0 aromatic carbocycles. The fourth-order valence-electron chi connectivity index (χ4n) is 2.84. The van der Waals surface area contributed by atoms with Crippen molar-refractivity contribution in [2.24, 2.45) is 11.3 Å². The van der Waals surface area contributed by atoms with E-state index in [-0.39, 0.29) is 32.6 Å². The zero-order valence-electron chi connectivity index (χ0n) is 8.63. The van der Waals surface area contributed by atoms with Crippen LogP contribution in [-0.4, -0.2) is 21.2 Å². The highest BCUT2D eigenvalue weighted by Crippen LogP contribution is 2.50. The van der Waals surface area contributed by atoms with Gasteiger partial charge in [-0.25, -0.2) is 0 Å². The normalized spacial score (nSPS) is 46.5. The van der Waals surface area contributed by atoms with E-state index < -0.39 is 0 Å². The van der Waals surface area contributed by atoms with Gasteiger partial charge in [0.2, 0.25) is 0 Å². The van der Waals surface area contributed by atoms with Gasteiger partial charge in [0.1, 0.15) is 5.78 Å². The van der Waals surface area contributed by atoms with Gasteiger partial charge in [-0.15, -0.1) is 0 Å². The molecular weight excluding hydrogens is 324 g/mol. The summed E-state index contributed by atoms with van der Waals surface area (Å²) in [5.74, 6) is 0.744. The van der Waals surface area contributed by atoms with Crippen molar-refractivity contribution in [3.8, 4) is 0 Å². The molecule has 2 nitrogen and oxygen atoms in total. The molecule has 0 saturated heterocycles. The maximum Gasteiger partial charge on any atom is 0.152 e. The maximum atomic E-state index is 12.2. The average molecular weight is 338 g/mol.